The second-order valence-electron chi connectivity index (χ2n) is 8.12. The molecule has 2 heterocycles. The first-order valence-electron chi connectivity index (χ1n) is 10.6. The van der Waals surface area contributed by atoms with E-state index >= 15 is 0 Å². The number of nitrogens with one attached hydrogen (secondary N) is 1. The summed E-state index contributed by atoms with van der Waals surface area (Å²) in [6, 6.07) is 12.6. The van der Waals surface area contributed by atoms with Crippen LogP contribution in [0.15, 0.2) is 42.5 Å². The quantitative estimate of drug-likeness (QED) is 0.720. The highest BCUT2D eigenvalue weighted by Crippen LogP contribution is 2.43. The maximum Gasteiger partial charge on any atom is 0.257 e. The first kappa shape index (κ1) is 21.7. The summed E-state index contributed by atoms with van der Waals surface area (Å²) in [5, 5.41) is 2.89. The van der Waals surface area contributed by atoms with Gasteiger partial charge in [-0.1, -0.05) is 12.1 Å². The Hall–Kier alpha value is -3.55. The van der Waals surface area contributed by atoms with E-state index in [1.54, 1.807) is 54.4 Å². The van der Waals surface area contributed by atoms with Crippen LogP contribution >= 0.6 is 0 Å². The van der Waals surface area contributed by atoms with E-state index in [-0.39, 0.29) is 30.7 Å². The molecule has 4 rings (SSSR count). The third-order valence-electron chi connectivity index (χ3n) is 6.28. The molecule has 1 fully saturated rings. The van der Waals surface area contributed by atoms with Gasteiger partial charge in [-0.05, 0) is 37.6 Å². The molecule has 1 atom stereocenters. The topological polar surface area (TPSA) is 88.2 Å². The van der Waals surface area contributed by atoms with Crippen LogP contribution in [0.1, 0.15) is 42.1 Å². The van der Waals surface area contributed by atoms with Crippen molar-refractivity contribution in [3.8, 4) is 11.5 Å². The van der Waals surface area contributed by atoms with E-state index in [2.05, 4.69) is 5.32 Å². The van der Waals surface area contributed by atoms with Crippen molar-refractivity contribution in [2.75, 3.05) is 25.7 Å². The summed E-state index contributed by atoms with van der Waals surface area (Å²) in [7, 11) is 3.14. The molecule has 32 heavy (non-hydrogen) atoms. The lowest BCUT2D eigenvalue weighted by molar-refractivity contribution is -0.121. The first-order chi connectivity index (χ1) is 15.4. The monoisotopic (exact) mass is 437 g/mol. The van der Waals surface area contributed by atoms with E-state index in [9.17, 15) is 14.4 Å². The molecular weight excluding hydrogens is 410 g/mol. The number of carbonyl (C=O) groups excluding carboxylic acids is 3. The normalized spacial score (nSPS) is 19.5. The minimum atomic E-state index is -0.762. The largest absolute Gasteiger partial charge is 0.497 e. The third kappa shape index (κ3) is 3.66. The zero-order valence-electron chi connectivity index (χ0n) is 18.5. The van der Waals surface area contributed by atoms with Gasteiger partial charge in [0.05, 0.1) is 25.5 Å². The van der Waals surface area contributed by atoms with Crippen LogP contribution < -0.4 is 19.7 Å². The van der Waals surface area contributed by atoms with Crippen LogP contribution in [0.4, 0.5) is 5.69 Å². The summed E-state index contributed by atoms with van der Waals surface area (Å²) in [6.45, 7) is 2.41. The molecule has 2 aliphatic heterocycles. The SMILES string of the molecule is COc1ccc(CNC(=O)CCN2C(=O)c3ccccc3N3C(=O)CCC23C)c(OC)c1. The molecule has 0 radical (unpaired) electrons. The highest BCUT2D eigenvalue weighted by atomic mass is 16.5. The first-order valence-corrected chi connectivity index (χ1v) is 10.6. The number of anilines is 1. The summed E-state index contributed by atoms with van der Waals surface area (Å²) in [4.78, 5) is 41.8. The van der Waals surface area contributed by atoms with Crippen molar-refractivity contribution in [2.45, 2.75) is 38.4 Å². The molecule has 0 aliphatic carbocycles. The average molecular weight is 437 g/mol. The lowest BCUT2D eigenvalue weighted by Gasteiger charge is -2.48. The number of methoxy groups -OCH3 is 2. The third-order valence-corrected chi connectivity index (χ3v) is 6.28. The molecule has 168 valence electrons. The predicted molar refractivity (Wildman–Crippen MR) is 119 cm³/mol. The van der Waals surface area contributed by atoms with Gasteiger partial charge >= 0.3 is 0 Å². The van der Waals surface area contributed by atoms with Gasteiger partial charge < -0.3 is 19.7 Å². The minimum Gasteiger partial charge on any atom is -0.497 e. The Kier molecular flexibility index (Phi) is 5.78. The Balaban J connectivity index is 1.45. The average Bonchev–Trinajstić information content (AvgIpc) is 3.12. The number of ether oxygens (including phenoxy) is 2. The number of para-hydroxylation sites is 1. The fraction of sp³-hybridized carbons (Fsp3) is 0.375. The Morgan fingerprint density at radius 2 is 1.91 bits per heavy atom. The Morgan fingerprint density at radius 1 is 1.12 bits per heavy atom. The molecular formula is C24H27N3O5. The van der Waals surface area contributed by atoms with Crippen molar-refractivity contribution >= 4 is 23.4 Å². The number of carbonyl (C=O) groups is 3. The van der Waals surface area contributed by atoms with E-state index in [1.165, 1.54) is 0 Å². The zero-order chi connectivity index (χ0) is 22.9. The van der Waals surface area contributed by atoms with Crippen LogP contribution in [0.25, 0.3) is 0 Å². The van der Waals surface area contributed by atoms with Crippen LogP contribution in [0.2, 0.25) is 0 Å². The van der Waals surface area contributed by atoms with Crippen molar-refractivity contribution in [3.63, 3.8) is 0 Å². The Bertz CT molecular complexity index is 1070. The van der Waals surface area contributed by atoms with Gasteiger partial charge in [0.2, 0.25) is 11.8 Å². The van der Waals surface area contributed by atoms with Crippen molar-refractivity contribution in [3.05, 3.63) is 53.6 Å². The number of hydrogen-bond donors (Lipinski definition) is 1. The van der Waals surface area contributed by atoms with Gasteiger partial charge in [-0.25, -0.2) is 0 Å². The fourth-order valence-electron chi connectivity index (χ4n) is 4.53. The number of fused-ring (bicyclic) bond motifs is 3. The summed E-state index contributed by atoms with van der Waals surface area (Å²) in [6.07, 6.45) is 1.04. The standard InChI is InChI=1S/C24H27N3O5/c1-24-12-10-22(29)27(24)19-7-5-4-6-18(19)23(30)26(24)13-11-21(28)25-15-16-8-9-17(31-2)14-20(16)32-3/h4-9,14H,10-13,15H2,1-3H3,(H,25,28). The van der Waals surface area contributed by atoms with Gasteiger partial charge in [0.15, 0.2) is 0 Å². The van der Waals surface area contributed by atoms with E-state index in [4.69, 9.17) is 9.47 Å². The molecule has 8 heteroatoms. The maximum atomic E-state index is 13.2. The zero-order valence-corrected chi connectivity index (χ0v) is 18.5. The minimum absolute atomic E-state index is 0.00602. The number of hydrogen-bond acceptors (Lipinski definition) is 5. The van der Waals surface area contributed by atoms with Crippen LogP contribution in [0.3, 0.4) is 0 Å². The van der Waals surface area contributed by atoms with Gasteiger partial charge in [-0.2, -0.15) is 0 Å². The Morgan fingerprint density at radius 3 is 2.66 bits per heavy atom. The molecule has 2 aromatic rings. The Labute approximate surface area is 187 Å². The second-order valence-corrected chi connectivity index (χ2v) is 8.12. The van der Waals surface area contributed by atoms with Crippen molar-refractivity contribution in [1.29, 1.82) is 0 Å². The second kappa shape index (κ2) is 8.53. The molecule has 8 nitrogen and oxygen atoms in total. The lowest BCUT2D eigenvalue weighted by Crippen LogP contribution is -2.62. The van der Waals surface area contributed by atoms with Crippen molar-refractivity contribution < 1.29 is 23.9 Å². The molecule has 3 amide bonds. The molecule has 0 saturated carbocycles. The molecule has 1 N–H and O–H groups in total. The number of nitrogens with zero attached hydrogens (tertiary/aromatic N) is 2. The van der Waals surface area contributed by atoms with Crippen LogP contribution in [-0.2, 0) is 16.1 Å². The highest BCUT2D eigenvalue weighted by molar-refractivity contribution is 6.10. The van der Waals surface area contributed by atoms with Gasteiger partial charge in [0.1, 0.15) is 17.2 Å². The molecule has 1 unspecified atom stereocenters. The molecule has 0 spiro atoms. The number of amides is 3. The number of rotatable bonds is 7. The van der Waals surface area contributed by atoms with Crippen LogP contribution in [0.5, 0.6) is 11.5 Å². The summed E-state index contributed by atoms with van der Waals surface area (Å²) in [5.41, 5.74) is 1.20. The van der Waals surface area contributed by atoms with Crippen molar-refractivity contribution in [1.82, 2.24) is 10.2 Å². The van der Waals surface area contributed by atoms with Crippen molar-refractivity contribution in [2.24, 2.45) is 0 Å². The molecule has 2 aromatic carbocycles. The highest BCUT2D eigenvalue weighted by Gasteiger charge is 2.52. The van der Waals surface area contributed by atoms with E-state index in [0.717, 1.165) is 5.56 Å². The maximum absolute atomic E-state index is 13.2. The molecule has 0 aromatic heterocycles. The van der Waals surface area contributed by atoms with E-state index < -0.39 is 5.66 Å². The number of benzene rings is 2. The summed E-state index contributed by atoms with van der Waals surface area (Å²) >= 11 is 0. The molecule has 2 aliphatic rings. The van der Waals surface area contributed by atoms with Crippen LogP contribution in [0, 0.1) is 0 Å². The molecule has 1 saturated heterocycles. The van der Waals surface area contributed by atoms with Gasteiger partial charge in [-0.3, -0.25) is 19.3 Å². The molecule has 0 bridgehead atoms. The van der Waals surface area contributed by atoms with Gasteiger partial charge in [0, 0.05) is 37.6 Å². The van der Waals surface area contributed by atoms with Crippen LogP contribution in [-0.4, -0.2) is 49.0 Å². The smallest absolute Gasteiger partial charge is 0.257 e. The summed E-state index contributed by atoms with van der Waals surface area (Å²) < 4.78 is 10.6. The van der Waals surface area contributed by atoms with Gasteiger partial charge in [0.25, 0.3) is 5.91 Å². The lowest BCUT2D eigenvalue weighted by atomic mass is 9.98. The fourth-order valence-corrected chi connectivity index (χ4v) is 4.53. The van der Waals surface area contributed by atoms with Gasteiger partial charge in [-0.15, -0.1) is 0 Å². The van der Waals surface area contributed by atoms with E-state index in [0.29, 0.717) is 42.1 Å². The predicted octanol–water partition coefficient (Wildman–Crippen LogP) is 2.71. The van der Waals surface area contributed by atoms with E-state index in [1.807, 2.05) is 19.1 Å². The summed E-state index contributed by atoms with van der Waals surface area (Å²) in [5.74, 6) is 0.950.